The summed E-state index contributed by atoms with van der Waals surface area (Å²) in [5, 5.41) is 0. The quantitative estimate of drug-likeness (QED) is 0.885. The highest BCUT2D eigenvalue weighted by atomic mass is 16.1. The van der Waals surface area contributed by atoms with Crippen molar-refractivity contribution in [1.29, 1.82) is 0 Å². The third-order valence-corrected chi connectivity index (χ3v) is 4.67. The number of rotatable bonds is 5. The number of hydrogen-bond donors (Lipinski definition) is 1. The van der Waals surface area contributed by atoms with Crippen molar-refractivity contribution in [2.24, 2.45) is 17.1 Å². The molecule has 0 bridgehead atoms. The summed E-state index contributed by atoms with van der Waals surface area (Å²) in [4.78, 5) is 17.0. The van der Waals surface area contributed by atoms with Gasteiger partial charge in [-0.2, -0.15) is 0 Å². The Labute approximate surface area is 115 Å². The van der Waals surface area contributed by atoms with Crippen LogP contribution in [0.1, 0.15) is 45.4 Å². The van der Waals surface area contributed by atoms with Crippen LogP contribution in [0.2, 0.25) is 0 Å². The fourth-order valence-electron chi connectivity index (χ4n) is 3.04. The average molecular weight is 263 g/mol. The third-order valence-electron chi connectivity index (χ3n) is 4.67. The highest BCUT2D eigenvalue weighted by molar-refractivity contribution is 5.86. The molecule has 2 rings (SSSR count). The monoisotopic (exact) mass is 263 g/mol. The molecule has 4 nitrogen and oxygen atoms in total. The second-order valence-electron chi connectivity index (χ2n) is 5.90. The van der Waals surface area contributed by atoms with Crippen molar-refractivity contribution < 1.29 is 4.79 Å². The molecule has 0 unspecified atom stereocenters. The fourth-order valence-corrected chi connectivity index (χ4v) is 3.04. The summed E-state index contributed by atoms with van der Waals surface area (Å²) >= 11 is 0. The number of carbonyl (C=O) groups is 1. The molecule has 0 amide bonds. The maximum Gasteiger partial charge on any atom is 0.147 e. The van der Waals surface area contributed by atoms with Gasteiger partial charge in [0.2, 0.25) is 0 Å². The largest absolute Gasteiger partial charge is 0.335 e. The molecule has 106 valence electrons. The zero-order valence-corrected chi connectivity index (χ0v) is 12.1. The molecule has 0 aromatic carbocycles. The van der Waals surface area contributed by atoms with E-state index in [1.165, 1.54) is 0 Å². The first-order valence-corrected chi connectivity index (χ1v) is 7.34. The molecule has 1 aromatic heterocycles. The number of aromatic nitrogens is 2. The maximum atomic E-state index is 12.7. The van der Waals surface area contributed by atoms with Gasteiger partial charge in [-0.15, -0.1) is 0 Å². The van der Waals surface area contributed by atoms with E-state index in [0.717, 1.165) is 44.0 Å². The molecule has 1 heterocycles. The number of carbonyl (C=O) groups excluding carboxylic acids is 1. The number of imidazole rings is 1. The number of nitrogens with zero attached hydrogens (tertiary/aromatic N) is 2. The van der Waals surface area contributed by atoms with E-state index in [4.69, 9.17) is 5.73 Å². The van der Waals surface area contributed by atoms with E-state index in [2.05, 4.69) is 18.8 Å². The van der Waals surface area contributed by atoms with Gasteiger partial charge < -0.3 is 10.3 Å². The Hall–Kier alpha value is -1.16. The zero-order valence-electron chi connectivity index (χ0n) is 12.1. The average Bonchev–Trinajstić information content (AvgIpc) is 2.87. The van der Waals surface area contributed by atoms with Gasteiger partial charge in [0.25, 0.3) is 0 Å². The van der Waals surface area contributed by atoms with E-state index in [1.54, 1.807) is 6.20 Å². The van der Waals surface area contributed by atoms with Gasteiger partial charge >= 0.3 is 0 Å². The SMILES string of the molecule is CCn1ccnc1CC(=O)C1(CN)CCC(C)CC1. The molecule has 4 heteroatoms. The van der Waals surface area contributed by atoms with Crippen molar-refractivity contribution in [3.8, 4) is 0 Å². The standard InChI is InChI=1S/C15H25N3O/c1-3-18-9-8-17-14(18)10-13(19)15(11-16)6-4-12(2)5-7-15/h8-9,12H,3-7,10-11,16H2,1-2H3. The highest BCUT2D eigenvalue weighted by Gasteiger charge is 2.39. The van der Waals surface area contributed by atoms with Crippen LogP contribution in [-0.4, -0.2) is 21.9 Å². The molecule has 0 radical (unpaired) electrons. The van der Waals surface area contributed by atoms with Crippen LogP contribution in [0, 0.1) is 11.3 Å². The lowest BCUT2D eigenvalue weighted by atomic mass is 9.67. The molecule has 0 spiro atoms. The van der Waals surface area contributed by atoms with Crippen LogP contribution < -0.4 is 5.73 Å². The molecule has 1 aliphatic carbocycles. The van der Waals surface area contributed by atoms with Crippen molar-refractivity contribution in [2.75, 3.05) is 6.54 Å². The summed E-state index contributed by atoms with van der Waals surface area (Å²) < 4.78 is 2.04. The third kappa shape index (κ3) is 2.89. The second kappa shape index (κ2) is 5.87. The lowest BCUT2D eigenvalue weighted by Crippen LogP contribution is -2.42. The van der Waals surface area contributed by atoms with Crippen LogP contribution in [0.5, 0.6) is 0 Å². The van der Waals surface area contributed by atoms with Gasteiger partial charge in [0.1, 0.15) is 11.6 Å². The first-order valence-electron chi connectivity index (χ1n) is 7.34. The van der Waals surface area contributed by atoms with E-state index >= 15 is 0 Å². The van der Waals surface area contributed by atoms with E-state index < -0.39 is 0 Å². The highest BCUT2D eigenvalue weighted by Crippen LogP contribution is 2.39. The fraction of sp³-hybridized carbons (Fsp3) is 0.733. The normalized spacial score (nSPS) is 27.4. The molecule has 0 aliphatic heterocycles. The van der Waals surface area contributed by atoms with Crippen LogP contribution in [0.15, 0.2) is 12.4 Å². The number of aryl methyl sites for hydroxylation is 1. The molecule has 1 saturated carbocycles. The Kier molecular flexibility index (Phi) is 4.40. The van der Waals surface area contributed by atoms with Crippen molar-refractivity contribution in [3.63, 3.8) is 0 Å². The summed E-state index contributed by atoms with van der Waals surface area (Å²) in [5.74, 6) is 1.88. The van der Waals surface area contributed by atoms with E-state index in [9.17, 15) is 4.79 Å². The predicted molar refractivity (Wildman–Crippen MR) is 75.7 cm³/mol. The summed E-state index contributed by atoms with van der Waals surface area (Å²) in [6.45, 7) is 5.66. The minimum atomic E-state index is -0.295. The van der Waals surface area contributed by atoms with Gasteiger partial charge in [0, 0.05) is 30.9 Å². The van der Waals surface area contributed by atoms with Gasteiger partial charge in [-0.05, 0) is 38.5 Å². The van der Waals surface area contributed by atoms with Gasteiger partial charge in [0.05, 0.1) is 6.42 Å². The van der Waals surface area contributed by atoms with Gasteiger partial charge in [-0.3, -0.25) is 4.79 Å². The molecule has 1 aliphatic rings. The second-order valence-corrected chi connectivity index (χ2v) is 5.90. The minimum Gasteiger partial charge on any atom is -0.335 e. The Morgan fingerprint density at radius 3 is 2.79 bits per heavy atom. The van der Waals surface area contributed by atoms with Crippen LogP contribution in [0.25, 0.3) is 0 Å². The summed E-state index contributed by atoms with van der Waals surface area (Å²) in [6, 6.07) is 0. The van der Waals surface area contributed by atoms with Crippen LogP contribution in [0.3, 0.4) is 0 Å². The lowest BCUT2D eigenvalue weighted by Gasteiger charge is -2.37. The molecular formula is C15H25N3O. The molecule has 1 aromatic rings. The number of ketones is 1. The number of Topliss-reactive ketones (excluding diaryl/α,β-unsaturated/α-hetero) is 1. The molecule has 0 atom stereocenters. The first-order chi connectivity index (χ1) is 9.11. The van der Waals surface area contributed by atoms with Crippen LogP contribution in [-0.2, 0) is 17.8 Å². The molecule has 1 fully saturated rings. The number of hydrogen-bond acceptors (Lipinski definition) is 3. The Morgan fingerprint density at radius 1 is 1.53 bits per heavy atom. The van der Waals surface area contributed by atoms with E-state index in [0.29, 0.717) is 13.0 Å². The van der Waals surface area contributed by atoms with Crippen molar-refractivity contribution >= 4 is 5.78 Å². The Bertz CT molecular complexity index is 430. The minimum absolute atomic E-state index is 0.280. The first kappa shape index (κ1) is 14.3. The maximum absolute atomic E-state index is 12.7. The van der Waals surface area contributed by atoms with Crippen molar-refractivity contribution in [1.82, 2.24) is 9.55 Å². The van der Waals surface area contributed by atoms with Gasteiger partial charge in [-0.1, -0.05) is 6.92 Å². The van der Waals surface area contributed by atoms with Crippen LogP contribution >= 0.6 is 0 Å². The lowest BCUT2D eigenvalue weighted by molar-refractivity contribution is -0.130. The summed E-state index contributed by atoms with van der Waals surface area (Å²) in [6.07, 6.45) is 8.24. The summed E-state index contributed by atoms with van der Waals surface area (Å²) in [7, 11) is 0. The topological polar surface area (TPSA) is 60.9 Å². The molecular weight excluding hydrogens is 238 g/mol. The van der Waals surface area contributed by atoms with Crippen LogP contribution in [0.4, 0.5) is 0 Å². The smallest absolute Gasteiger partial charge is 0.147 e. The predicted octanol–water partition coefficient (Wildman–Crippen LogP) is 2.17. The molecule has 19 heavy (non-hydrogen) atoms. The van der Waals surface area contributed by atoms with E-state index in [1.807, 2.05) is 10.8 Å². The molecule has 2 N–H and O–H groups in total. The van der Waals surface area contributed by atoms with Gasteiger partial charge in [-0.25, -0.2) is 4.98 Å². The molecule has 0 saturated heterocycles. The summed E-state index contributed by atoms with van der Waals surface area (Å²) in [5.41, 5.74) is 5.64. The van der Waals surface area contributed by atoms with Gasteiger partial charge in [0.15, 0.2) is 0 Å². The van der Waals surface area contributed by atoms with Crippen molar-refractivity contribution in [2.45, 2.75) is 52.5 Å². The van der Waals surface area contributed by atoms with Crippen molar-refractivity contribution in [3.05, 3.63) is 18.2 Å². The zero-order chi connectivity index (χ0) is 13.9. The van der Waals surface area contributed by atoms with E-state index in [-0.39, 0.29) is 11.2 Å². The number of nitrogens with two attached hydrogens (primary N) is 1. The Balaban J connectivity index is 2.09. The Morgan fingerprint density at radius 2 is 2.21 bits per heavy atom.